The Morgan fingerprint density at radius 3 is 2.53 bits per heavy atom. The number of hydrogen-bond acceptors (Lipinski definition) is 2. The van der Waals surface area contributed by atoms with Crippen LogP contribution in [0.3, 0.4) is 0 Å². The number of likely N-dealkylation sites (tertiary alicyclic amines) is 1. The predicted octanol–water partition coefficient (Wildman–Crippen LogP) is 3.93. The van der Waals surface area contributed by atoms with Crippen LogP contribution >= 0.6 is 34.2 Å². The van der Waals surface area contributed by atoms with Gasteiger partial charge in [0, 0.05) is 17.7 Å². The normalized spacial score (nSPS) is 18.9. The van der Waals surface area contributed by atoms with Crippen molar-refractivity contribution in [2.45, 2.75) is 38.6 Å². The Kier molecular flexibility index (Phi) is 4.66. The number of hydrogen-bond donors (Lipinski definition) is 0. The van der Waals surface area contributed by atoms with Crippen LogP contribution in [0.2, 0.25) is 5.02 Å². The fourth-order valence-corrected chi connectivity index (χ4v) is 2.93. The molecule has 1 aromatic heterocycles. The van der Waals surface area contributed by atoms with Gasteiger partial charge in [-0.2, -0.15) is 0 Å². The topological polar surface area (TPSA) is 16.1 Å². The van der Waals surface area contributed by atoms with Crippen LogP contribution in [0.4, 0.5) is 0 Å². The molecule has 2 nitrogen and oxygen atoms in total. The lowest BCUT2D eigenvalue weighted by atomic mass is 9.92. The number of nitrogens with zero attached hydrogens (tertiary/aromatic N) is 2. The number of aromatic nitrogens is 1. The molecule has 0 radical (unpaired) electrons. The largest absolute Gasteiger partial charge is 0.301 e. The van der Waals surface area contributed by atoms with E-state index in [4.69, 9.17) is 11.6 Å². The highest BCUT2D eigenvalue weighted by atomic mass is 127. The molecule has 0 unspecified atom stereocenters. The predicted molar refractivity (Wildman–Crippen MR) is 80.6 cm³/mol. The molecule has 0 spiro atoms. The van der Waals surface area contributed by atoms with E-state index >= 15 is 0 Å². The number of rotatable bonds is 2. The Labute approximate surface area is 122 Å². The highest BCUT2D eigenvalue weighted by Gasteiger charge is 2.23. The van der Waals surface area contributed by atoms with Gasteiger partial charge in [0.1, 0.15) is 3.70 Å². The van der Waals surface area contributed by atoms with Gasteiger partial charge < -0.3 is 4.90 Å². The van der Waals surface area contributed by atoms with Gasteiger partial charge in [0.05, 0.1) is 5.02 Å². The van der Waals surface area contributed by atoms with E-state index in [0.717, 1.165) is 8.72 Å². The Hall–Kier alpha value is 0.130. The quantitative estimate of drug-likeness (QED) is 0.584. The van der Waals surface area contributed by atoms with E-state index < -0.39 is 0 Å². The first-order chi connectivity index (χ1) is 8.08. The highest BCUT2D eigenvalue weighted by Crippen LogP contribution is 2.29. The van der Waals surface area contributed by atoms with Crippen LogP contribution in [0.1, 0.15) is 38.3 Å². The molecule has 1 saturated heterocycles. The third kappa shape index (κ3) is 3.32. The first-order valence-corrected chi connectivity index (χ1v) is 7.59. The first kappa shape index (κ1) is 13.6. The summed E-state index contributed by atoms with van der Waals surface area (Å²) in [7, 11) is 0. The number of piperidine rings is 1. The highest BCUT2D eigenvalue weighted by molar-refractivity contribution is 14.1. The summed E-state index contributed by atoms with van der Waals surface area (Å²) in [6, 6.07) is 4.72. The molecular weight excluding hydrogens is 347 g/mol. The maximum atomic E-state index is 6.01. The van der Waals surface area contributed by atoms with Gasteiger partial charge in [-0.25, -0.2) is 4.98 Å². The molecule has 1 aromatic rings. The molecule has 0 bridgehead atoms. The molecule has 2 heterocycles. The lowest BCUT2D eigenvalue weighted by molar-refractivity contribution is 0.171. The van der Waals surface area contributed by atoms with E-state index in [2.05, 4.69) is 52.4 Å². The summed E-state index contributed by atoms with van der Waals surface area (Å²) in [6.07, 6.45) is 2.42. The van der Waals surface area contributed by atoms with E-state index in [-0.39, 0.29) is 0 Å². The summed E-state index contributed by atoms with van der Waals surface area (Å²) >= 11 is 8.21. The zero-order valence-corrected chi connectivity index (χ0v) is 13.2. The van der Waals surface area contributed by atoms with Gasteiger partial charge >= 0.3 is 0 Å². The SMILES string of the molecule is CC(C)N1CCC(c2ccc(Cl)c(I)n2)CC1. The second-order valence-electron chi connectivity index (χ2n) is 4.91. The van der Waals surface area contributed by atoms with Crippen molar-refractivity contribution in [1.82, 2.24) is 9.88 Å². The van der Waals surface area contributed by atoms with Crippen molar-refractivity contribution in [2.75, 3.05) is 13.1 Å². The van der Waals surface area contributed by atoms with Crippen LogP contribution < -0.4 is 0 Å². The fraction of sp³-hybridized carbons (Fsp3) is 0.615. The minimum Gasteiger partial charge on any atom is -0.301 e. The van der Waals surface area contributed by atoms with Gasteiger partial charge in [0.15, 0.2) is 0 Å². The van der Waals surface area contributed by atoms with Crippen molar-refractivity contribution in [3.63, 3.8) is 0 Å². The molecule has 0 atom stereocenters. The first-order valence-electron chi connectivity index (χ1n) is 6.14. The molecule has 1 aliphatic rings. The number of pyridine rings is 1. The van der Waals surface area contributed by atoms with E-state index in [9.17, 15) is 0 Å². The molecule has 0 aliphatic carbocycles. The van der Waals surface area contributed by atoms with Crippen LogP contribution in [0.25, 0.3) is 0 Å². The second kappa shape index (κ2) is 5.85. The summed E-state index contributed by atoms with van der Waals surface area (Å²) in [6.45, 7) is 6.90. The van der Waals surface area contributed by atoms with Gasteiger partial charge in [0.2, 0.25) is 0 Å². The average Bonchev–Trinajstić information content (AvgIpc) is 2.33. The van der Waals surface area contributed by atoms with E-state index in [1.807, 2.05) is 6.07 Å². The maximum Gasteiger partial charge on any atom is 0.120 e. The molecule has 2 rings (SSSR count). The van der Waals surface area contributed by atoms with Gasteiger partial charge in [-0.3, -0.25) is 0 Å². The van der Waals surface area contributed by atoms with E-state index in [0.29, 0.717) is 12.0 Å². The summed E-state index contributed by atoms with van der Waals surface area (Å²) in [5.41, 5.74) is 1.21. The van der Waals surface area contributed by atoms with Gasteiger partial charge in [-0.15, -0.1) is 0 Å². The van der Waals surface area contributed by atoms with Crippen molar-refractivity contribution in [3.05, 3.63) is 26.5 Å². The lowest BCUT2D eigenvalue weighted by Crippen LogP contribution is -2.38. The Morgan fingerprint density at radius 1 is 1.35 bits per heavy atom. The summed E-state index contributed by atoms with van der Waals surface area (Å²) in [4.78, 5) is 7.14. The lowest BCUT2D eigenvalue weighted by Gasteiger charge is -2.34. The minimum absolute atomic E-state index is 0.607. The summed E-state index contributed by atoms with van der Waals surface area (Å²) < 4.78 is 0.924. The van der Waals surface area contributed by atoms with Crippen LogP contribution in [0, 0.1) is 3.70 Å². The van der Waals surface area contributed by atoms with E-state index in [1.165, 1.54) is 31.6 Å². The van der Waals surface area contributed by atoms with Crippen LogP contribution in [-0.2, 0) is 0 Å². The van der Waals surface area contributed by atoms with Crippen molar-refractivity contribution < 1.29 is 0 Å². The van der Waals surface area contributed by atoms with Gasteiger partial charge in [-0.1, -0.05) is 11.6 Å². The van der Waals surface area contributed by atoms with Gasteiger partial charge in [0.25, 0.3) is 0 Å². The Morgan fingerprint density at radius 2 is 2.00 bits per heavy atom. The zero-order chi connectivity index (χ0) is 12.4. The fourth-order valence-electron chi connectivity index (χ4n) is 2.37. The van der Waals surface area contributed by atoms with Crippen LogP contribution in [0.15, 0.2) is 12.1 Å². The molecule has 4 heteroatoms. The molecule has 0 aromatic carbocycles. The summed E-state index contributed by atoms with van der Waals surface area (Å²) in [5.74, 6) is 0.607. The zero-order valence-electron chi connectivity index (χ0n) is 10.3. The molecule has 1 aliphatic heterocycles. The number of halogens is 2. The third-order valence-corrected chi connectivity index (χ3v) is 4.95. The third-order valence-electron chi connectivity index (χ3n) is 3.50. The average molecular weight is 365 g/mol. The molecule has 0 amide bonds. The van der Waals surface area contributed by atoms with Crippen LogP contribution in [0.5, 0.6) is 0 Å². The minimum atomic E-state index is 0.607. The molecular formula is C13H18ClIN2. The van der Waals surface area contributed by atoms with Crippen molar-refractivity contribution >= 4 is 34.2 Å². The summed E-state index contributed by atoms with van der Waals surface area (Å²) in [5, 5.41) is 0.758. The standard InChI is InChI=1S/C13H18ClIN2/c1-9(2)17-7-5-10(6-8-17)12-4-3-11(14)13(15)16-12/h3-4,9-10H,5-8H2,1-2H3. The van der Waals surface area contributed by atoms with Crippen molar-refractivity contribution in [1.29, 1.82) is 0 Å². The monoisotopic (exact) mass is 364 g/mol. The smallest absolute Gasteiger partial charge is 0.120 e. The van der Waals surface area contributed by atoms with Crippen molar-refractivity contribution in [3.8, 4) is 0 Å². The molecule has 1 fully saturated rings. The second-order valence-corrected chi connectivity index (χ2v) is 6.34. The molecule has 0 N–H and O–H groups in total. The van der Waals surface area contributed by atoms with Crippen molar-refractivity contribution in [2.24, 2.45) is 0 Å². The van der Waals surface area contributed by atoms with Gasteiger partial charge in [-0.05, 0) is 74.5 Å². The molecule has 94 valence electrons. The maximum absolute atomic E-state index is 6.01. The molecule has 17 heavy (non-hydrogen) atoms. The van der Waals surface area contributed by atoms with Crippen LogP contribution in [-0.4, -0.2) is 29.0 Å². The molecule has 0 saturated carbocycles. The van der Waals surface area contributed by atoms with E-state index in [1.54, 1.807) is 0 Å². The Balaban J connectivity index is 2.03. The Bertz CT molecular complexity index is 387.